The smallest absolute Gasteiger partial charge is 0.322 e. The third-order valence-corrected chi connectivity index (χ3v) is 2.94. The number of methoxy groups -OCH3 is 1. The van der Waals surface area contributed by atoms with E-state index in [9.17, 15) is 4.79 Å². The molecule has 0 aliphatic carbocycles. The Hall–Kier alpha value is -1.75. The lowest BCUT2D eigenvalue weighted by atomic mass is 10.2. The Morgan fingerprint density at radius 3 is 2.29 bits per heavy atom. The van der Waals surface area contributed by atoms with Crippen molar-refractivity contribution in [3.05, 3.63) is 24.3 Å². The fourth-order valence-corrected chi connectivity index (χ4v) is 1.86. The van der Waals surface area contributed by atoms with Gasteiger partial charge in [0.1, 0.15) is 17.5 Å². The fraction of sp³-hybridized carbons (Fsp3) is 0.562. The van der Waals surface area contributed by atoms with Crippen LogP contribution < -0.4 is 14.8 Å². The first-order valence-electron chi connectivity index (χ1n) is 7.38. The number of esters is 1. The zero-order chi connectivity index (χ0) is 15.5. The van der Waals surface area contributed by atoms with E-state index in [-0.39, 0.29) is 12.0 Å². The highest BCUT2D eigenvalue weighted by Crippen LogP contribution is 2.17. The standard InChI is InChI=1S/C16H25NO4/c1-4-11-17-15(16(18)19-3)10-12-21-14-8-6-13(7-9-14)20-5-2/h6-9,15,17H,4-5,10-12H2,1-3H3. The van der Waals surface area contributed by atoms with Gasteiger partial charge in [-0.3, -0.25) is 4.79 Å². The first kappa shape index (κ1) is 17.3. The first-order valence-corrected chi connectivity index (χ1v) is 7.38. The van der Waals surface area contributed by atoms with Gasteiger partial charge < -0.3 is 19.5 Å². The summed E-state index contributed by atoms with van der Waals surface area (Å²) in [5.41, 5.74) is 0. The van der Waals surface area contributed by atoms with Gasteiger partial charge in [-0.2, -0.15) is 0 Å². The first-order chi connectivity index (χ1) is 10.2. The van der Waals surface area contributed by atoms with Crippen molar-refractivity contribution in [1.82, 2.24) is 5.32 Å². The van der Waals surface area contributed by atoms with Gasteiger partial charge in [-0.05, 0) is 44.2 Å². The van der Waals surface area contributed by atoms with Gasteiger partial charge in [0.15, 0.2) is 0 Å². The quantitative estimate of drug-likeness (QED) is 0.672. The molecule has 1 rings (SSSR count). The van der Waals surface area contributed by atoms with Gasteiger partial charge in [-0.1, -0.05) is 6.92 Å². The maximum Gasteiger partial charge on any atom is 0.322 e. The molecule has 0 amide bonds. The molecular formula is C16H25NO4. The number of carbonyl (C=O) groups is 1. The number of nitrogens with one attached hydrogen (secondary N) is 1. The number of hydrogen-bond donors (Lipinski definition) is 1. The van der Waals surface area contributed by atoms with Crippen LogP contribution in [0.15, 0.2) is 24.3 Å². The van der Waals surface area contributed by atoms with Crippen molar-refractivity contribution < 1.29 is 19.0 Å². The van der Waals surface area contributed by atoms with Crippen molar-refractivity contribution in [1.29, 1.82) is 0 Å². The van der Waals surface area contributed by atoms with Gasteiger partial charge in [0.2, 0.25) is 0 Å². The van der Waals surface area contributed by atoms with Crippen LogP contribution in [-0.4, -0.2) is 38.9 Å². The van der Waals surface area contributed by atoms with Gasteiger partial charge in [0.05, 0.1) is 20.3 Å². The molecule has 5 nitrogen and oxygen atoms in total. The van der Waals surface area contributed by atoms with E-state index in [0.29, 0.717) is 19.6 Å². The third-order valence-electron chi connectivity index (χ3n) is 2.94. The van der Waals surface area contributed by atoms with Crippen LogP contribution in [0, 0.1) is 0 Å². The number of ether oxygens (including phenoxy) is 3. The molecule has 0 fully saturated rings. The summed E-state index contributed by atoms with van der Waals surface area (Å²) in [5.74, 6) is 1.33. The summed E-state index contributed by atoms with van der Waals surface area (Å²) in [5, 5.41) is 3.16. The average Bonchev–Trinajstić information content (AvgIpc) is 2.51. The molecule has 1 aromatic carbocycles. The Morgan fingerprint density at radius 2 is 1.76 bits per heavy atom. The molecule has 21 heavy (non-hydrogen) atoms. The van der Waals surface area contributed by atoms with Gasteiger partial charge >= 0.3 is 5.97 Å². The SMILES string of the molecule is CCCNC(CCOc1ccc(OCC)cc1)C(=O)OC. The molecule has 0 bridgehead atoms. The minimum atomic E-state index is -0.322. The zero-order valence-electron chi connectivity index (χ0n) is 13.1. The van der Waals surface area contributed by atoms with E-state index in [1.54, 1.807) is 0 Å². The van der Waals surface area contributed by atoms with E-state index in [1.807, 2.05) is 31.2 Å². The molecular weight excluding hydrogens is 270 g/mol. The van der Waals surface area contributed by atoms with Crippen molar-refractivity contribution >= 4 is 5.97 Å². The Bertz CT molecular complexity index is 405. The monoisotopic (exact) mass is 295 g/mol. The second-order valence-corrected chi connectivity index (χ2v) is 4.57. The van der Waals surface area contributed by atoms with E-state index in [1.165, 1.54) is 7.11 Å². The maximum atomic E-state index is 11.6. The molecule has 1 aromatic rings. The van der Waals surface area contributed by atoms with E-state index >= 15 is 0 Å². The van der Waals surface area contributed by atoms with Gasteiger partial charge in [0, 0.05) is 6.42 Å². The normalized spacial score (nSPS) is 11.8. The minimum absolute atomic E-state index is 0.251. The number of benzene rings is 1. The summed E-state index contributed by atoms with van der Waals surface area (Å²) < 4.78 is 15.8. The Labute approximate surface area is 126 Å². The van der Waals surface area contributed by atoms with Crippen LogP contribution in [0.3, 0.4) is 0 Å². The molecule has 0 heterocycles. The molecule has 0 aromatic heterocycles. The summed E-state index contributed by atoms with van der Waals surface area (Å²) in [7, 11) is 1.40. The summed E-state index contributed by atoms with van der Waals surface area (Å²) >= 11 is 0. The molecule has 1 N–H and O–H groups in total. The Balaban J connectivity index is 2.40. The largest absolute Gasteiger partial charge is 0.494 e. The predicted octanol–water partition coefficient (Wildman–Crippen LogP) is 2.40. The van der Waals surface area contributed by atoms with Gasteiger partial charge in [0.25, 0.3) is 0 Å². The summed E-state index contributed by atoms with van der Waals surface area (Å²) in [6, 6.07) is 7.13. The molecule has 0 saturated heterocycles. The molecule has 1 unspecified atom stereocenters. The molecule has 5 heteroatoms. The lowest BCUT2D eigenvalue weighted by Crippen LogP contribution is -2.39. The van der Waals surface area contributed by atoms with Gasteiger partial charge in [-0.25, -0.2) is 0 Å². The van der Waals surface area contributed by atoms with Crippen molar-refractivity contribution in [3.8, 4) is 11.5 Å². The highest BCUT2D eigenvalue weighted by Gasteiger charge is 2.17. The lowest BCUT2D eigenvalue weighted by Gasteiger charge is -2.16. The highest BCUT2D eigenvalue weighted by atomic mass is 16.5. The second-order valence-electron chi connectivity index (χ2n) is 4.57. The van der Waals surface area contributed by atoms with E-state index < -0.39 is 0 Å². The topological polar surface area (TPSA) is 56.8 Å². The fourth-order valence-electron chi connectivity index (χ4n) is 1.86. The molecule has 118 valence electrons. The van der Waals surface area contributed by atoms with Crippen LogP contribution in [0.4, 0.5) is 0 Å². The van der Waals surface area contributed by atoms with E-state index in [0.717, 1.165) is 24.5 Å². The summed E-state index contributed by atoms with van der Waals surface area (Å²) in [6.45, 7) is 5.87. The van der Waals surface area contributed by atoms with Crippen LogP contribution in [0.1, 0.15) is 26.7 Å². The van der Waals surface area contributed by atoms with Crippen LogP contribution in [0.25, 0.3) is 0 Å². The number of rotatable bonds is 10. The maximum absolute atomic E-state index is 11.6. The third kappa shape index (κ3) is 6.49. The second kappa shape index (κ2) is 10.0. The Kier molecular flexibility index (Phi) is 8.28. The van der Waals surface area contributed by atoms with Crippen LogP contribution in [0.2, 0.25) is 0 Å². The van der Waals surface area contributed by atoms with Gasteiger partial charge in [-0.15, -0.1) is 0 Å². The zero-order valence-corrected chi connectivity index (χ0v) is 13.1. The molecule has 0 spiro atoms. The number of hydrogen-bond acceptors (Lipinski definition) is 5. The summed E-state index contributed by atoms with van der Waals surface area (Å²) in [4.78, 5) is 11.6. The van der Waals surface area contributed by atoms with Crippen molar-refractivity contribution in [2.75, 3.05) is 26.9 Å². The van der Waals surface area contributed by atoms with E-state index in [4.69, 9.17) is 14.2 Å². The molecule has 0 aliphatic heterocycles. The average molecular weight is 295 g/mol. The van der Waals surface area contributed by atoms with Crippen molar-refractivity contribution in [2.45, 2.75) is 32.7 Å². The number of carbonyl (C=O) groups excluding carboxylic acids is 1. The molecule has 0 aliphatic rings. The van der Waals surface area contributed by atoms with Crippen LogP contribution in [-0.2, 0) is 9.53 Å². The predicted molar refractivity (Wildman–Crippen MR) is 81.8 cm³/mol. The Morgan fingerprint density at radius 1 is 1.14 bits per heavy atom. The van der Waals surface area contributed by atoms with Crippen LogP contribution >= 0.6 is 0 Å². The summed E-state index contributed by atoms with van der Waals surface area (Å²) in [6.07, 6.45) is 1.53. The van der Waals surface area contributed by atoms with E-state index in [2.05, 4.69) is 12.2 Å². The molecule has 0 saturated carbocycles. The van der Waals surface area contributed by atoms with Crippen molar-refractivity contribution in [2.24, 2.45) is 0 Å². The molecule has 1 atom stereocenters. The highest BCUT2D eigenvalue weighted by molar-refractivity contribution is 5.75. The van der Waals surface area contributed by atoms with Crippen LogP contribution in [0.5, 0.6) is 11.5 Å². The lowest BCUT2D eigenvalue weighted by molar-refractivity contribution is -0.143. The minimum Gasteiger partial charge on any atom is -0.494 e. The molecule has 0 radical (unpaired) electrons. The van der Waals surface area contributed by atoms with Crippen molar-refractivity contribution in [3.63, 3.8) is 0 Å².